The number of benzene rings is 1. The van der Waals surface area contributed by atoms with Crippen molar-refractivity contribution in [3.8, 4) is 0 Å². The summed E-state index contributed by atoms with van der Waals surface area (Å²) in [4.78, 5) is 25.4. The van der Waals surface area contributed by atoms with Crippen LogP contribution in [0.5, 0.6) is 0 Å². The van der Waals surface area contributed by atoms with E-state index in [0.29, 0.717) is 28.8 Å². The summed E-state index contributed by atoms with van der Waals surface area (Å²) in [5.41, 5.74) is 0.620. The van der Waals surface area contributed by atoms with Crippen molar-refractivity contribution in [2.45, 2.75) is 45.1 Å². The van der Waals surface area contributed by atoms with Crippen molar-refractivity contribution in [1.82, 2.24) is 10.6 Å². The molecule has 0 spiro atoms. The van der Waals surface area contributed by atoms with Crippen LogP contribution in [0.4, 0.5) is 10.5 Å². The van der Waals surface area contributed by atoms with Gasteiger partial charge in [-0.3, -0.25) is 4.79 Å². The molecule has 1 fully saturated rings. The third-order valence-corrected chi connectivity index (χ3v) is 4.54. The summed E-state index contributed by atoms with van der Waals surface area (Å²) in [7, 11) is 0. The van der Waals surface area contributed by atoms with Crippen LogP contribution in [0.3, 0.4) is 0 Å². The van der Waals surface area contributed by atoms with Gasteiger partial charge in [-0.2, -0.15) is 0 Å². The largest absolute Gasteiger partial charge is 0.336 e. The monoisotopic (exact) mass is 371 g/mol. The quantitative estimate of drug-likeness (QED) is 0.821. The first-order valence-corrected chi connectivity index (χ1v) is 9.00. The maximum absolute atomic E-state index is 11.9. The van der Waals surface area contributed by atoms with Gasteiger partial charge in [-0.15, -0.1) is 0 Å². The number of amides is 3. The second-order valence-corrected chi connectivity index (χ2v) is 6.91. The average Bonchev–Trinajstić information content (AvgIpc) is 2.51. The van der Waals surface area contributed by atoms with Gasteiger partial charge in [0, 0.05) is 41.8 Å². The molecule has 1 aliphatic rings. The average molecular weight is 372 g/mol. The van der Waals surface area contributed by atoms with Gasteiger partial charge in [0.15, 0.2) is 0 Å². The van der Waals surface area contributed by atoms with Crippen LogP contribution < -0.4 is 15.5 Å². The number of hydrogen-bond donors (Lipinski definition) is 2. The van der Waals surface area contributed by atoms with Crippen LogP contribution in [-0.2, 0) is 4.79 Å². The molecule has 1 aliphatic carbocycles. The Bertz CT molecular complexity index is 569. The first-order valence-electron chi connectivity index (χ1n) is 8.24. The molecule has 3 amide bonds. The van der Waals surface area contributed by atoms with E-state index in [1.807, 2.05) is 0 Å². The number of nitrogens with one attached hydrogen (secondary N) is 2. The number of urea groups is 1. The molecule has 7 heteroatoms. The highest BCUT2D eigenvalue weighted by atomic mass is 35.5. The Balaban J connectivity index is 1.85. The van der Waals surface area contributed by atoms with Crippen LogP contribution in [0.2, 0.25) is 10.0 Å². The predicted molar refractivity (Wildman–Crippen MR) is 97.9 cm³/mol. The highest BCUT2D eigenvalue weighted by molar-refractivity contribution is 6.35. The fourth-order valence-corrected chi connectivity index (χ4v) is 3.44. The van der Waals surface area contributed by atoms with E-state index >= 15 is 0 Å². The van der Waals surface area contributed by atoms with Gasteiger partial charge < -0.3 is 15.5 Å². The minimum Gasteiger partial charge on any atom is -0.336 e. The van der Waals surface area contributed by atoms with Crippen LogP contribution in [-0.4, -0.2) is 31.1 Å². The first-order chi connectivity index (χ1) is 11.5. The summed E-state index contributed by atoms with van der Waals surface area (Å²) < 4.78 is 0. The van der Waals surface area contributed by atoms with Crippen molar-refractivity contribution >= 4 is 40.8 Å². The molecule has 2 rings (SSSR count). The zero-order valence-electron chi connectivity index (χ0n) is 13.8. The van der Waals surface area contributed by atoms with E-state index in [2.05, 4.69) is 10.6 Å². The lowest BCUT2D eigenvalue weighted by Crippen LogP contribution is -2.45. The molecule has 0 unspecified atom stereocenters. The molecular weight excluding hydrogens is 349 g/mol. The highest BCUT2D eigenvalue weighted by Gasteiger charge is 2.16. The fraction of sp³-hybridized carbons (Fsp3) is 0.529. The molecule has 0 heterocycles. The Kier molecular flexibility index (Phi) is 7.18. The number of carbonyl (C=O) groups is 2. The molecule has 0 radical (unpaired) electrons. The molecule has 0 aromatic heterocycles. The summed E-state index contributed by atoms with van der Waals surface area (Å²) in [6.07, 6.45) is 5.65. The van der Waals surface area contributed by atoms with Crippen molar-refractivity contribution in [3.05, 3.63) is 28.2 Å². The summed E-state index contributed by atoms with van der Waals surface area (Å²) in [5, 5.41) is 6.72. The van der Waals surface area contributed by atoms with Crippen molar-refractivity contribution in [3.63, 3.8) is 0 Å². The van der Waals surface area contributed by atoms with Crippen LogP contribution in [0.15, 0.2) is 18.2 Å². The van der Waals surface area contributed by atoms with E-state index in [0.717, 1.165) is 12.8 Å². The third-order valence-electron chi connectivity index (χ3n) is 4.10. The minimum absolute atomic E-state index is 0.136. The Hall–Kier alpha value is -1.46. The smallest absolute Gasteiger partial charge is 0.315 e. The molecule has 1 aromatic carbocycles. The Morgan fingerprint density at radius 3 is 2.33 bits per heavy atom. The SMILES string of the molecule is CC(=O)N(CCNC(=O)NC1CCCCC1)c1cc(Cl)cc(Cl)c1. The van der Waals surface area contributed by atoms with Gasteiger partial charge in [0.25, 0.3) is 0 Å². The zero-order chi connectivity index (χ0) is 17.5. The Morgan fingerprint density at radius 1 is 1.12 bits per heavy atom. The molecule has 132 valence electrons. The maximum atomic E-state index is 11.9. The van der Waals surface area contributed by atoms with Gasteiger partial charge in [0.2, 0.25) is 5.91 Å². The highest BCUT2D eigenvalue weighted by Crippen LogP contribution is 2.25. The summed E-state index contributed by atoms with van der Waals surface area (Å²) >= 11 is 12.0. The Morgan fingerprint density at radius 2 is 1.75 bits per heavy atom. The summed E-state index contributed by atoms with van der Waals surface area (Å²) in [5.74, 6) is -0.136. The lowest BCUT2D eigenvalue weighted by molar-refractivity contribution is -0.116. The number of nitrogens with zero attached hydrogens (tertiary/aromatic N) is 1. The van der Waals surface area contributed by atoms with E-state index in [4.69, 9.17) is 23.2 Å². The minimum atomic E-state index is -0.186. The lowest BCUT2D eigenvalue weighted by Gasteiger charge is -2.24. The van der Waals surface area contributed by atoms with Crippen LogP contribution in [0.1, 0.15) is 39.0 Å². The molecule has 0 bridgehead atoms. The molecule has 0 saturated heterocycles. The lowest BCUT2D eigenvalue weighted by atomic mass is 9.96. The number of hydrogen-bond acceptors (Lipinski definition) is 2. The molecule has 0 atom stereocenters. The van der Waals surface area contributed by atoms with E-state index in [1.165, 1.54) is 26.2 Å². The van der Waals surface area contributed by atoms with Crippen molar-refractivity contribution < 1.29 is 9.59 Å². The van der Waals surface area contributed by atoms with Gasteiger partial charge in [-0.05, 0) is 31.0 Å². The normalized spacial score (nSPS) is 15.0. The number of halogens is 2. The predicted octanol–water partition coefficient (Wildman–Crippen LogP) is 3.98. The fourth-order valence-electron chi connectivity index (χ4n) is 2.93. The molecule has 1 saturated carbocycles. The molecular formula is C17H23Cl2N3O2. The van der Waals surface area contributed by atoms with Gasteiger partial charge >= 0.3 is 6.03 Å². The van der Waals surface area contributed by atoms with Gasteiger partial charge in [-0.1, -0.05) is 42.5 Å². The Labute approximate surface area is 152 Å². The molecule has 1 aromatic rings. The number of anilines is 1. The van der Waals surface area contributed by atoms with Gasteiger partial charge in [0.05, 0.1) is 0 Å². The maximum Gasteiger partial charge on any atom is 0.315 e. The molecule has 5 nitrogen and oxygen atoms in total. The topological polar surface area (TPSA) is 61.4 Å². The van der Waals surface area contributed by atoms with Crippen molar-refractivity contribution in [2.75, 3.05) is 18.0 Å². The van der Waals surface area contributed by atoms with Crippen molar-refractivity contribution in [2.24, 2.45) is 0 Å². The van der Waals surface area contributed by atoms with Crippen LogP contribution in [0, 0.1) is 0 Å². The second kappa shape index (κ2) is 9.14. The van der Waals surface area contributed by atoms with Crippen LogP contribution in [0.25, 0.3) is 0 Å². The van der Waals surface area contributed by atoms with Crippen LogP contribution >= 0.6 is 23.2 Å². The van der Waals surface area contributed by atoms with Crippen molar-refractivity contribution in [1.29, 1.82) is 0 Å². The molecule has 2 N–H and O–H groups in total. The standard InChI is InChI=1S/C17H23Cl2N3O2/c1-12(23)22(16-10-13(18)9-14(19)11-16)8-7-20-17(24)21-15-5-3-2-4-6-15/h9-11,15H,2-8H2,1H3,(H2,20,21,24). The zero-order valence-corrected chi connectivity index (χ0v) is 15.3. The first kappa shape index (κ1) is 18.9. The van der Waals surface area contributed by atoms with E-state index in [1.54, 1.807) is 23.1 Å². The second-order valence-electron chi connectivity index (χ2n) is 6.03. The molecule has 0 aliphatic heterocycles. The number of rotatable bonds is 5. The van der Waals surface area contributed by atoms with Gasteiger partial charge in [-0.25, -0.2) is 4.79 Å². The summed E-state index contributed by atoms with van der Waals surface area (Å²) in [6, 6.07) is 5.04. The third kappa shape index (κ3) is 5.87. The van der Waals surface area contributed by atoms with E-state index in [9.17, 15) is 9.59 Å². The van der Waals surface area contributed by atoms with Gasteiger partial charge in [0.1, 0.15) is 0 Å². The van der Waals surface area contributed by atoms with E-state index in [-0.39, 0.29) is 18.0 Å². The number of carbonyl (C=O) groups excluding carboxylic acids is 2. The van der Waals surface area contributed by atoms with E-state index < -0.39 is 0 Å². The molecule has 24 heavy (non-hydrogen) atoms. The summed E-state index contributed by atoms with van der Waals surface area (Å²) in [6.45, 7) is 2.17.